The van der Waals surface area contributed by atoms with E-state index in [0.29, 0.717) is 18.0 Å². The molecule has 1 aromatic heterocycles. The Morgan fingerprint density at radius 3 is 2.74 bits per heavy atom. The minimum absolute atomic E-state index is 0.363. The smallest absolute Gasteiger partial charge is 0.141 e. The van der Waals surface area contributed by atoms with Crippen molar-refractivity contribution in [2.24, 2.45) is 0 Å². The van der Waals surface area contributed by atoms with Gasteiger partial charge in [0.2, 0.25) is 0 Å². The minimum atomic E-state index is 0.363. The largest absolute Gasteiger partial charge is 0.292 e. The molecule has 4 nitrogen and oxygen atoms in total. The number of rotatable bonds is 6. The van der Waals surface area contributed by atoms with Crippen molar-refractivity contribution in [2.45, 2.75) is 64.6 Å². The molecule has 1 aliphatic rings. The maximum Gasteiger partial charge on any atom is 0.141 e. The average molecular weight is 285 g/mol. The molecule has 0 saturated heterocycles. The van der Waals surface area contributed by atoms with Gasteiger partial charge in [0.15, 0.2) is 0 Å². The molecule has 0 spiro atoms. The van der Waals surface area contributed by atoms with Crippen LogP contribution in [0, 0.1) is 0 Å². The van der Waals surface area contributed by atoms with E-state index < -0.39 is 0 Å². The highest BCUT2D eigenvalue weighted by Gasteiger charge is 2.22. The van der Waals surface area contributed by atoms with Crippen molar-refractivity contribution in [1.29, 1.82) is 0 Å². The maximum atomic E-state index is 5.97. The monoisotopic (exact) mass is 284 g/mol. The molecule has 1 aromatic rings. The summed E-state index contributed by atoms with van der Waals surface area (Å²) < 4.78 is 2.02. The van der Waals surface area contributed by atoms with Gasteiger partial charge in [-0.25, -0.2) is 9.67 Å². The Labute approximate surface area is 121 Å². The highest BCUT2D eigenvalue weighted by atomic mass is 35.5. The van der Waals surface area contributed by atoms with E-state index in [-0.39, 0.29) is 0 Å². The van der Waals surface area contributed by atoms with Gasteiger partial charge in [-0.3, -0.25) is 4.90 Å². The molecule has 1 heterocycles. The summed E-state index contributed by atoms with van der Waals surface area (Å²) in [6, 6.07) is 1.03. The number of nitrogens with zero attached hydrogens (tertiary/aromatic N) is 4. The molecule has 1 aliphatic carbocycles. The molecule has 1 saturated carbocycles. The fourth-order valence-electron chi connectivity index (χ4n) is 2.95. The molecule has 0 aromatic carbocycles. The van der Waals surface area contributed by atoms with Crippen LogP contribution in [-0.2, 0) is 6.54 Å². The minimum Gasteiger partial charge on any atom is -0.292 e. The van der Waals surface area contributed by atoms with Gasteiger partial charge in [0.1, 0.15) is 12.2 Å². The predicted molar refractivity (Wildman–Crippen MR) is 78.4 cm³/mol. The fraction of sp³-hybridized carbons (Fsp3) is 0.857. The normalized spacial score (nSPS) is 17.5. The fourth-order valence-corrected chi connectivity index (χ4v) is 3.16. The van der Waals surface area contributed by atoms with Crippen molar-refractivity contribution in [1.82, 2.24) is 19.7 Å². The van der Waals surface area contributed by atoms with Gasteiger partial charge in [0.25, 0.3) is 0 Å². The first-order valence-corrected chi connectivity index (χ1v) is 7.94. The van der Waals surface area contributed by atoms with Crippen molar-refractivity contribution in [3.63, 3.8) is 0 Å². The zero-order valence-electron chi connectivity index (χ0n) is 12.1. The Morgan fingerprint density at radius 2 is 2.11 bits per heavy atom. The van der Waals surface area contributed by atoms with Gasteiger partial charge < -0.3 is 0 Å². The van der Waals surface area contributed by atoms with Crippen LogP contribution in [0.3, 0.4) is 0 Å². The SMILES string of the molecule is CC(C)n1ncnc1CN(CCCl)C1CCCCC1. The highest BCUT2D eigenvalue weighted by molar-refractivity contribution is 6.18. The number of hydrogen-bond acceptors (Lipinski definition) is 3. The van der Waals surface area contributed by atoms with Crippen LogP contribution in [0.5, 0.6) is 0 Å². The van der Waals surface area contributed by atoms with Crippen molar-refractivity contribution in [2.75, 3.05) is 12.4 Å². The first kappa shape index (κ1) is 14.8. The molecule has 19 heavy (non-hydrogen) atoms. The van der Waals surface area contributed by atoms with Crippen LogP contribution in [0.1, 0.15) is 57.8 Å². The van der Waals surface area contributed by atoms with Gasteiger partial charge in [-0.1, -0.05) is 19.3 Å². The molecule has 108 valence electrons. The Kier molecular flexibility index (Phi) is 5.64. The van der Waals surface area contributed by atoms with Gasteiger partial charge >= 0.3 is 0 Å². The van der Waals surface area contributed by atoms with Crippen LogP contribution in [-0.4, -0.2) is 38.1 Å². The summed E-state index contributed by atoms with van der Waals surface area (Å²) in [6.45, 7) is 6.10. The maximum absolute atomic E-state index is 5.97. The Bertz CT molecular complexity index is 371. The van der Waals surface area contributed by atoms with Crippen LogP contribution in [0.25, 0.3) is 0 Å². The molecular weight excluding hydrogens is 260 g/mol. The van der Waals surface area contributed by atoms with Crippen LogP contribution in [0.4, 0.5) is 0 Å². The lowest BCUT2D eigenvalue weighted by Gasteiger charge is -2.33. The molecule has 0 amide bonds. The Balaban J connectivity index is 2.04. The predicted octanol–water partition coefficient (Wildman–Crippen LogP) is 3.23. The lowest BCUT2D eigenvalue weighted by atomic mass is 9.94. The molecule has 0 aliphatic heterocycles. The highest BCUT2D eigenvalue weighted by Crippen LogP contribution is 2.24. The molecule has 0 bridgehead atoms. The van der Waals surface area contributed by atoms with E-state index in [1.54, 1.807) is 6.33 Å². The van der Waals surface area contributed by atoms with E-state index >= 15 is 0 Å². The molecule has 0 atom stereocenters. The van der Waals surface area contributed by atoms with E-state index in [2.05, 4.69) is 28.8 Å². The van der Waals surface area contributed by atoms with Gasteiger partial charge in [-0.2, -0.15) is 5.10 Å². The standard InChI is InChI=1S/C14H25ClN4/c1-12(2)19-14(16-11-17-19)10-18(9-8-15)13-6-4-3-5-7-13/h11-13H,3-10H2,1-2H3. The van der Waals surface area contributed by atoms with Crippen LogP contribution in [0.15, 0.2) is 6.33 Å². The summed E-state index contributed by atoms with van der Waals surface area (Å²) in [7, 11) is 0. The number of halogens is 1. The van der Waals surface area contributed by atoms with Crippen LogP contribution >= 0.6 is 11.6 Å². The summed E-state index contributed by atoms with van der Waals surface area (Å²) in [5.41, 5.74) is 0. The third-order valence-corrected chi connectivity index (χ3v) is 4.11. The molecular formula is C14H25ClN4. The zero-order chi connectivity index (χ0) is 13.7. The Morgan fingerprint density at radius 1 is 1.37 bits per heavy atom. The third-order valence-electron chi connectivity index (χ3n) is 3.94. The van der Waals surface area contributed by atoms with Crippen molar-refractivity contribution in [3.8, 4) is 0 Å². The second-order valence-electron chi connectivity index (χ2n) is 5.67. The molecule has 2 rings (SSSR count). The van der Waals surface area contributed by atoms with E-state index in [1.807, 2.05) is 4.68 Å². The van der Waals surface area contributed by atoms with Crippen molar-refractivity contribution in [3.05, 3.63) is 12.2 Å². The summed E-state index contributed by atoms with van der Waals surface area (Å²) >= 11 is 5.97. The van der Waals surface area contributed by atoms with E-state index in [9.17, 15) is 0 Å². The number of alkyl halides is 1. The summed E-state index contributed by atoms with van der Waals surface area (Å²) in [5, 5.41) is 4.32. The summed E-state index contributed by atoms with van der Waals surface area (Å²) in [4.78, 5) is 6.92. The average Bonchev–Trinajstić information content (AvgIpc) is 2.88. The van der Waals surface area contributed by atoms with E-state index in [4.69, 9.17) is 11.6 Å². The van der Waals surface area contributed by atoms with Crippen molar-refractivity contribution >= 4 is 11.6 Å². The lowest BCUT2D eigenvalue weighted by Crippen LogP contribution is -2.38. The lowest BCUT2D eigenvalue weighted by molar-refractivity contribution is 0.150. The third kappa shape index (κ3) is 3.93. The van der Waals surface area contributed by atoms with Crippen molar-refractivity contribution < 1.29 is 0 Å². The number of hydrogen-bond donors (Lipinski definition) is 0. The first-order chi connectivity index (χ1) is 9.22. The van der Waals surface area contributed by atoms with Crippen LogP contribution < -0.4 is 0 Å². The molecule has 0 N–H and O–H groups in total. The Hall–Kier alpha value is -0.610. The second kappa shape index (κ2) is 7.25. The van der Waals surface area contributed by atoms with Gasteiger partial charge in [0, 0.05) is 24.5 Å². The van der Waals surface area contributed by atoms with E-state index in [1.165, 1.54) is 32.1 Å². The zero-order valence-corrected chi connectivity index (χ0v) is 12.8. The van der Waals surface area contributed by atoms with Crippen LogP contribution in [0.2, 0.25) is 0 Å². The molecule has 5 heteroatoms. The van der Waals surface area contributed by atoms with Gasteiger partial charge in [-0.15, -0.1) is 11.6 Å². The second-order valence-corrected chi connectivity index (χ2v) is 6.04. The molecule has 0 radical (unpaired) electrons. The molecule has 0 unspecified atom stereocenters. The quantitative estimate of drug-likeness (QED) is 0.752. The van der Waals surface area contributed by atoms with Gasteiger partial charge in [0.05, 0.1) is 6.54 Å². The first-order valence-electron chi connectivity index (χ1n) is 7.40. The summed E-state index contributed by atoms with van der Waals surface area (Å²) in [6.07, 6.45) is 8.34. The number of aromatic nitrogens is 3. The van der Waals surface area contributed by atoms with E-state index in [0.717, 1.165) is 18.9 Å². The van der Waals surface area contributed by atoms with Gasteiger partial charge in [-0.05, 0) is 26.7 Å². The topological polar surface area (TPSA) is 34.0 Å². The molecule has 1 fully saturated rings. The summed E-state index contributed by atoms with van der Waals surface area (Å²) in [5.74, 6) is 1.75.